The first-order valence-corrected chi connectivity index (χ1v) is 8.57. The lowest BCUT2D eigenvalue weighted by Gasteiger charge is -2.47. The molecule has 4 rings (SSSR count). The number of hydrogen-bond donors (Lipinski definition) is 1. The minimum absolute atomic E-state index is 0.0692. The number of hydrogen-bond acceptors (Lipinski definition) is 3. The fourth-order valence-electron chi connectivity index (χ4n) is 4.78. The highest BCUT2D eigenvalue weighted by atomic mass is 32.2. The van der Waals surface area contributed by atoms with Crippen molar-refractivity contribution in [2.45, 2.75) is 38.5 Å². The molecular weight excluding hydrogens is 268 g/mol. The average Bonchev–Trinajstić information content (AvgIpc) is 2.74. The molecule has 0 amide bonds. The van der Waals surface area contributed by atoms with Crippen molar-refractivity contribution in [2.24, 2.45) is 17.3 Å². The lowest BCUT2D eigenvalue weighted by Crippen LogP contribution is -2.43. The number of carbonyl (C=O) groups excluding carboxylic acids is 1. The van der Waals surface area contributed by atoms with E-state index in [2.05, 4.69) is 13.0 Å². The first-order chi connectivity index (χ1) is 9.59. The maximum Gasteiger partial charge on any atom is 0.195 e. The second-order valence-electron chi connectivity index (χ2n) is 6.85. The van der Waals surface area contributed by atoms with E-state index in [1.807, 2.05) is 12.1 Å². The first-order valence-electron chi connectivity index (χ1n) is 7.58. The van der Waals surface area contributed by atoms with Gasteiger partial charge in [0.2, 0.25) is 0 Å². The van der Waals surface area contributed by atoms with Crippen LogP contribution in [0.3, 0.4) is 0 Å². The van der Waals surface area contributed by atoms with Gasteiger partial charge in [0, 0.05) is 11.2 Å². The molecule has 1 saturated heterocycles. The highest BCUT2D eigenvalue weighted by Crippen LogP contribution is 2.60. The van der Waals surface area contributed by atoms with Gasteiger partial charge in [0.25, 0.3) is 0 Å². The molecule has 1 aromatic rings. The minimum Gasteiger partial charge on any atom is -0.508 e. The van der Waals surface area contributed by atoms with Crippen molar-refractivity contribution in [2.75, 3.05) is 5.75 Å². The second kappa shape index (κ2) is 4.27. The number of thioether (sulfide) groups is 1. The van der Waals surface area contributed by atoms with Crippen LogP contribution in [-0.2, 0) is 11.2 Å². The number of aryl methyl sites for hydroxylation is 1. The number of carbonyl (C=O) groups is 1. The van der Waals surface area contributed by atoms with Gasteiger partial charge in [0.1, 0.15) is 5.75 Å². The summed E-state index contributed by atoms with van der Waals surface area (Å²) in [7, 11) is 0. The third-order valence-electron chi connectivity index (χ3n) is 5.96. The molecule has 1 N–H and O–H groups in total. The summed E-state index contributed by atoms with van der Waals surface area (Å²) in [5, 5.41) is 10.1. The quantitative estimate of drug-likeness (QED) is 0.790. The molecule has 0 aromatic heterocycles. The van der Waals surface area contributed by atoms with Crippen LogP contribution in [0.15, 0.2) is 18.2 Å². The molecule has 0 radical (unpaired) electrons. The third kappa shape index (κ3) is 1.62. The zero-order valence-corrected chi connectivity index (χ0v) is 12.6. The van der Waals surface area contributed by atoms with Crippen LogP contribution in [0.5, 0.6) is 5.75 Å². The largest absolute Gasteiger partial charge is 0.508 e. The van der Waals surface area contributed by atoms with E-state index in [9.17, 15) is 9.90 Å². The van der Waals surface area contributed by atoms with E-state index in [-0.39, 0.29) is 5.41 Å². The second-order valence-corrected chi connectivity index (χ2v) is 7.85. The average molecular weight is 288 g/mol. The lowest BCUT2D eigenvalue weighted by molar-refractivity contribution is -0.123. The van der Waals surface area contributed by atoms with Gasteiger partial charge in [-0.3, -0.25) is 4.79 Å². The predicted octanol–water partition coefficient (Wildman–Crippen LogP) is 3.73. The van der Waals surface area contributed by atoms with Crippen molar-refractivity contribution in [3.05, 3.63) is 29.3 Å². The monoisotopic (exact) mass is 288 g/mol. The summed E-state index contributed by atoms with van der Waals surface area (Å²) in [6.45, 7) is 2.20. The van der Waals surface area contributed by atoms with Gasteiger partial charge in [-0.05, 0) is 66.7 Å². The van der Waals surface area contributed by atoms with Gasteiger partial charge in [-0.2, -0.15) is 0 Å². The van der Waals surface area contributed by atoms with E-state index in [4.69, 9.17) is 0 Å². The molecule has 106 valence electrons. The Morgan fingerprint density at radius 1 is 1.35 bits per heavy atom. The Kier molecular flexibility index (Phi) is 2.72. The standard InChI is InChI=1S/C17H20O2S/c1-17-7-6-13-12-5-3-11(18)8-10(12)2-4-14(13)15(17)9-20-16(17)19/h3,5,8,13-15,18H,2,4,6-7,9H2,1H3/t13-,14-,15+,17+/m1/s1. The van der Waals surface area contributed by atoms with E-state index < -0.39 is 0 Å². The van der Waals surface area contributed by atoms with Crippen molar-refractivity contribution in [1.29, 1.82) is 0 Å². The summed E-state index contributed by atoms with van der Waals surface area (Å²) in [6, 6.07) is 5.88. The molecule has 0 unspecified atom stereocenters. The predicted molar refractivity (Wildman–Crippen MR) is 81.0 cm³/mol. The van der Waals surface area contributed by atoms with E-state index in [1.54, 1.807) is 11.8 Å². The maximum atomic E-state index is 12.2. The molecule has 2 nitrogen and oxygen atoms in total. The molecule has 1 saturated carbocycles. The smallest absolute Gasteiger partial charge is 0.195 e. The molecular formula is C17H20O2S. The Labute approximate surface area is 124 Å². The summed E-state index contributed by atoms with van der Waals surface area (Å²) in [6.07, 6.45) is 4.39. The molecule has 1 heterocycles. The SMILES string of the molecule is C[C@]12CC[C@@H]3c4ccc(O)cc4CC[C@H]3[C@@H]1CSC2=O. The van der Waals surface area contributed by atoms with Gasteiger partial charge in [-0.15, -0.1) is 0 Å². The van der Waals surface area contributed by atoms with Crippen LogP contribution < -0.4 is 0 Å². The number of aromatic hydroxyl groups is 1. The highest BCUT2D eigenvalue weighted by molar-refractivity contribution is 8.14. The van der Waals surface area contributed by atoms with Crippen molar-refractivity contribution in [3.8, 4) is 5.75 Å². The van der Waals surface area contributed by atoms with Crippen molar-refractivity contribution < 1.29 is 9.90 Å². The normalized spacial score (nSPS) is 39.0. The van der Waals surface area contributed by atoms with Gasteiger partial charge in [0.15, 0.2) is 5.12 Å². The third-order valence-corrected chi connectivity index (χ3v) is 7.21. The lowest BCUT2D eigenvalue weighted by atomic mass is 9.55. The molecule has 0 spiro atoms. The number of phenolic OH excluding ortho intramolecular Hbond substituents is 1. The van der Waals surface area contributed by atoms with Crippen molar-refractivity contribution in [1.82, 2.24) is 0 Å². The zero-order valence-electron chi connectivity index (χ0n) is 11.8. The Morgan fingerprint density at radius 3 is 3.05 bits per heavy atom. The van der Waals surface area contributed by atoms with E-state index >= 15 is 0 Å². The number of fused-ring (bicyclic) bond motifs is 5. The zero-order chi connectivity index (χ0) is 13.9. The van der Waals surface area contributed by atoms with Crippen LogP contribution >= 0.6 is 11.8 Å². The Morgan fingerprint density at radius 2 is 2.20 bits per heavy atom. The number of phenols is 1. The van der Waals surface area contributed by atoms with Crippen molar-refractivity contribution in [3.63, 3.8) is 0 Å². The Bertz CT molecular complexity index is 582. The number of rotatable bonds is 0. The fraction of sp³-hybridized carbons (Fsp3) is 0.588. The van der Waals surface area contributed by atoms with Crippen LogP contribution in [0.25, 0.3) is 0 Å². The van der Waals surface area contributed by atoms with Crippen LogP contribution in [0.4, 0.5) is 0 Å². The molecule has 2 aliphatic carbocycles. The highest BCUT2D eigenvalue weighted by Gasteiger charge is 2.55. The van der Waals surface area contributed by atoms with Crippen LogP contribution in [-0.4, -0.2) is 16.0 Å². The minimum atomic E-state index is -0.0692. The van der Waals surface area contributed by atoms with Crippen LogP contribution in [0.1, 0.15) is 43.2 Å². The number of benzene rings is 1. The Balaban J connectivity index is 1.73. The molecule has 2 fully saturated rings. The summed E-state index contributed by atoms with van der Waals surface area (Å²) < 4.78 is 0. The summed E-state index contributed by atoms with van der Waals surface area (Å²) >= 11 is 1.56. The van der Waals surface area contributed by atoms with Gasteiger partial charge in [-0.25, -0.2) is 0 Å². The van der Waals surface area contributed by atoms with Gasteiger partial charge in [0.05, 0.1) is 0 Å². The van der Waals surface area contributed by atoms with E-state index in [0.29, 0.717) is 28.6 Å². The molecule has 20 heavy (non-hydrogen) atoms. The van der Waals surface area contributed by atoms with E-state index in [0.717, 1.165) is 25.0 Å². The topological polar surface area (TPSA) is 37.3 Å². The maximum absolute atomic E-state index is 12.2. The first kappa shape index (κ1) is 12.8. The van der Waals surface area contributed by atoms with E-state index in [1.165, 1.54) is 17.5 Å². The Hall–Kier alpha value is -0.960. The summed E-state index contributed by atoms with van der Waals surface area (Å²) in [5.41, 5.74) is 2.69. The molecule has 3 aliphatic rings. The molecule has 1 aromatic carbocycles. The van der Waals surface area contributed by atoms with Gasteiger partial charge >= 0.3 is 0 Å². The molecule has 3 heteroatoms. The van der Waals surface area contributed by atoms with Crippen LogP contribution in [0, 0.1) is 17.3 Å². The van der Waals surface area contributed by atoms with Crippen LogP contribution in [0.2, 0.25) is 0 Å². The summed E-state index contributed by atoms with van der Waals surface area (Å²) in [5.74, 6) is 3.22. The molecule has 4 atom stereocenters. The fourth-order valence-corrected chi connectivity index (χ4v) is 6.31. The molecule has 0 bridgehead atoms. The molecule has 1 aliphatic heterocycles. The van der Waals surface area contributed by atoms with Gasteiger partial charge < -0.3 is 5.11 Å². The van der Waals surface area contributed by atoms with Gasteiger partial charge in [-0.1, -0.05) is 24.8 Å². The summed E-state index contributed by atoms with van der Waals surface area (Å²) in [4.78, 5) is 12.2. The van der Waals surface area contributed by atoms with Crippen molar-refractivity contribution >= 4 is 16.9 Å².